The molecule has 0 N–H and O–H groups in total. The third kappa shape index (κ3) is 5.80. The number of benzene rings is 2. The van der Waals surface area contributed by atoms with Crippen LogP contribution in [-0.2, 0) is 7.05 Å². The van der Waals surface area contributed by atoms with Crippen molar-refractivity contribution in [2.75, 3.05) is 7.11 Å². The quantitative estimate of drug-likeness (QED) is 0.268. The number of thiazole rings is 1. The summed E-state index contributed by atoms with van der Waals surface area (Å²) in [6, 6.07) is 16.1. The van der Waals surface area contributed by atoms with Crippen LogP contribution in [0.5, 0.6) is 5.75 Å². The predicted octanol–water partition coefficient (Wildman–Crippen LogP) is 4.43. The zero-order chi connectivity index (χ0) is 18.4. The Hall–Kier alpha value is -2.53. The Morgan fingerprint density at radius 3 is 2.12 bits per heavy atom. The van der Waals surface area contributed by atoms with Crippen molar-refractivity contribution in [1.29, 1.82) is 0 Å². The third-order valence-corrected chi connectivity index (χ3v) is 4.28. The van der Waals surface area contributed by atoms with Gasteiger partial charge in [-0.1, -0.05) is 29.4 Å². The van der Waals surface area contributed by atoms with Gasteiger partial charge in [-0.3, -0.25) is 0 Å². The summed E-state index contributed by atoms with van der Waals surface area (Å²) < 4.78 is 47.5. The molecule has 0 fully saturated rings. The third-order valence-electron chi connectivity index (χ3n) is 3.14. The van der Waals surface area contributed by atoms with Crippen molar-refractivity contribution in [3.05, 3.63) is 59.1 Å². The van der Waals surface area contributed by atoms with Crippen LogP contribution in [0.4, 0.5) is 17.3 Å². The Balaban J connectivity index is 0.000000399. The maximum Gasteiger partial charge on any atom is 0.673 e. The van der Waals surface area contributed by atoms with E-state index < -0.39 is 7.25 Å². The van der Waals surface area contributed by atoms with Crippen molar-refractivity contribution in [3.8, 4) is 17.6 Å². The summed E-state index contributed by atoms with van der Waals surface area (Å²) >= 11 is 1.72. The number of hydrogen-bond donors (Lipinski definition) is 0. The molecular formula is C17H14BF4NOS. The zero-order valence-corrected chi connectivity index (χ0v) is 14.3. The molecule has 130 valence electrons. The number of rotatable bonds is 1. The fourth-order valence-electron chi connectivity index (χ4n) is 2.01. The molecule has 0 atom stereocenters. The van der Waals surface area contributed by atoms with Gasteiger partial charge in [0.05, 0.1) is 7.11 Å². The summed E-state index contributed by atoms with van der Waals surface area (Å²) in [5, 5.41) is 1.06. The first-order valence-corrected chi connectivity index (χ1v) is 8.00. The van der Waals surface area contributed by atoms with Crippen LogP contribution in [0.1, 0.15) is 10.6 Å². The Bertz CT molecular complexity index is 904. The summed E-state index contributed by atoms with van der Waals surface area (Å²) in [6.07, 6.45) is 0. The molecule has 3 aromatic rings. The van der Waals surface area contributed by atoms with E-state index in [4.69, 9.17) is 4.74 Å². The minimum atomic E-state index is -6.00. The van der Waals surface area contributed by atoms with E-state index in [1.54, 1.807) is 18.4 Å². The van der Waals surface area contributed by atoms with Crippen LogP contribution in [0.3, 0.4) is 0 Å². The minimum Gasteiger partial charge on any atom is -0.497 e. The summed E-state index contributed by atoms with van der Waals surface area (Å²) in [6.45, 7) is 0. The first kappa shape index (κ1) is 18.8. The number of halogens is 4. The van der Waals surface area contributed by atoms with Gasteiger partial charge in [-0.2, -0.15) is 4.57 Å². The Kier molecular flexibility index (Phi) is 6.04. The van der Waals surface area contributed by atoms with Crippen LogP contribution < -0.4 is 9.30 Å². The van der Waals surface area contributed by atoms with Gasteiger partial charge in [0, 0.05) is 17.6 Å². The SMILES string of the molecule is COc1ccc(C#Cc2sc3ccccc3[n+]2C)cc1.F[B-](F)(F)F. The maximum absolute atomic E-state index is 9.75. The van der Waals surface area contributed by atoms with Crippen LogP contribution in [-0.4, -0.2) is 14.4 Å². The van der Waals surface area contributed by atoms with Gasteiger partial charge in [0.2, 0.25) is 5.52 Å². The number of aryl methyl sites for hydroxylation is 1. The molecule has 8 heteroatoms. The first-order valence-electron chi connectivity index (χ1n) is 7.19. The molecule has 0 bridgehead atoms. The van der Waals surface area contributed by atoms with Crippen molar-refractivity contribution in [2.45, 2.75) is 0 Å². The summed E-state index contributed by atoms with van der Waals surface area (Å²) in [7, 11) is -2.28. The molecule has 25 heavy (non-hydrogen) atoms. The van der Waals surface area contributed by atoms with Crippen molar-refractivity contribution in [1.82, 2.24) is 0 Å². The average Bonchev–Trinajstić information content (AvgIpc) is 2.88. The lowest BCUT2D eigenvalue weighted by Gasteiger charge is -1.97. The highest BCUT2D eigenvalue weighted by atomic mass is 32.1. The van der Waals surface area contributed by atoms with E-state index in [0.29, 0.717) is 0 Å². The Morgan fingerprint density at radius 2 is 1.56 bits per heavy atom. The molecule has 0 aliphatic carbocycles. The largest absolute Gasteiger partial charge is 0.673 e. The molecule has 0 radical (unpaired) electrons. The predicted molar refractivity (Wildman–Crippen MR) is 92.2 cm³/mol. The van der Waals surface area contributed by atoms with E-state index in [9.17, 15) is 17.3 Å². The number of para-hydroxylation sites is 1. The van der Waals surface area contributed by atoms with Crippen LogP contribution in [0.2, 0.25) is 0 Å². The van der Waals surface area contributed by atoms with Gasteiger partial charge < -0.3 is 22.0 Å². The smallest absolute Gasteiger partial charge is 0.497 e. The van der Waals surface area contributed by atoms with Gasteiger partial charge in [0.25, 0.3) is 0 Å². The fourth-order valence-corrected chi connectivity index (χ4v) is 3.01. The van der Waals surface area contributed by atoms with Crippen molar-refractivity contribution in [2.24, 2.45) is 7.05 Å². The molecule has 0 spiro atoms. The molecule has 0 aliphatic rings. The molecule has 0 saturated heterocycles. The van der Waals surface area contributed by atoms with E-state index in [2.05, 4.69) is 47.7 Å². The highest BCUT2D eigenvalue weighted by molar-refractivity contribution is 7.18. The lowest BCUT2D eigenvalue weighted by atomic mass is 10.2. The number of aromatic nitrogens is 1. The molecule has 2 aromatic carbocycles. The second-order valence-corrected chi connectivity index (χ2v) is 5.94. The van der Waals surface area contributed by atoms with Gasteiger partial charge in [-0.05, 0) is 30.3 Å². The molecule has 2 nitrogen and oxygen atoms in total. The van der Waals surface area contributed by atoms with Crippen LogP contribution in [0, 0.1) is 11.8 Å². The maximum atomic E-state index is 9.75. The molecule has 0 saturated carbocycles. The standard InChI is InChI=1S/C17H14NOS.BF4/c1-18-15-5-3-4-6-16(15)20-17(18)12-9-13-7-10-14(19-2)11-8-13;2-1(3,4)5/h3-8,10-11H,1-2H3;/q+1;-1. The number of methoxy groups -OCH3 is 1. The number of nitrogens with zero attached hydrogens (tertiary/aromatic N) is 1. The van der Waals surface area contributed by atoms with Gasteiger partial charge in [-0.25, -0.2) is 0 Å². The topological polar surface area (TPSA) is 13.1 Å². The van der Waals surface area contributed by atoms with Crippen LogP contribution in [0.25, 0.3) is 10.2 Å². The second kappa shape index (κ2) is 8.03. The highest BCUT2D eigenvalue weighted by Gasteiger charge is 2.20. The summed E-state index contributed by atoms with van der Waals surface area (Å²) in [4.78, 5) is 0. The molecular weight excluding hydrogens is 353 g/mol. The van der Waals surface area contributed by atoms with Crippen molar-refractivity contribution >= 4 is 28.8 Å². The lowest BCUT2D eigenvalue weighted by molar-refractivity contribution is -0.642. The summed E-state index contributed by atoms with van der Waals surface area (Å²) in [5.74, 6) is 7.29. The van der Waals surface area contributed by atoms with Gasteiger partial charge >= 0.3 is 12.3 Å². The Morgan fingerprint density at radius 1 is 0.960 bits per heavy atom. The fraction of sp³-hybridized carbons (Fsp3) is 0.118. The number of hydrogen-bond acceptors (Lipinski definition) is 2. The van der Waals surface area contributed by atoms with E-state index in [0.717, 1.165) is 16.3 Å². The van der Waals surface area contributed by atoms with E-state index in [1.807, 2.05) is 24.3 Å². The van der Waals surface area contributed by atoms with Gasteiger partial charge in [0.1, 0.15) is 17.5 Å². The van der Waals surface area contributed by atoms with E-state index in [-0.39, 0.29) is 0 Å². The van der Waals surface area contributed by atoms with Gasteiger partial charge in [0.15, 0.2) is 0 Å². The highest BCUT2D eigenvalue weighted by Crippen LogP contribution is 2.19. The van der Waals surface area contributed by atoms with Gasteiger partial charge in [-0.15, -0.1) is 0 Å². The molecule has 0 unspecified atom stereocenters. The zero-order valence-electron chi connectivity index (χ0n) is 13.5. The summed E-state index contributed by atoms with van der Waals surface area (Å²) in [5.41, 5.74) is 2.21. The molecule has 0 amide bonds. The number of fused-ring (bicyclic) bond motifs is 1. The van der Waals surface area contributed by atoms with Crippen molar-refractivity contribution < 1.29 is 26.6 Å². The lowest BCUT2D eigenvalue weighted by Crippen LogP contribution is -2.29. The molecule has 1 heterocycles. The van der Waals surface area contributed by atoms with Crippen LogP contribution >= 0.6 is 11.3 Å². The normalized spacial score (nSPS) is 10.5. The molecule has 3 rings (SSSR count). The number of ether oxygens (including phenoxy) is 1. The van der Waals surface area contributed by atoms with E-state index in [1.165, 1.54) is 10.2 Å². The molecule has 1 aromatic heterocycles. The van der Waals surface area contributed by atoms with Crippen molar-refractivity contribution in [3.63, 3.8) is 0 Å². The Labute approximate surface area is 146 Å². The van der Waals surface area contributed by atoms with Crippen LogP contribution in [0.15, 0.2) is 48.5 Å². The molecule has 0 aliphatic heterocycles. The first-order chi connectivity index (χ1) is 11.8. The monoisotopic (exact) mass is 367 g/mol. The second-order valence-electron chi connectivity index (χ2n) is 4.91. The minimum absolute atomic E-state index is 0.850. The van der Waals surface area contributed by atoms with E-state index >= 15 is 0 Å². The average molecular weight is 367 g/mol.